The zero-order valence-corrected chi connectivity index (χ0v) is 19.8. The van der Waals surface area contributed by atoms with E-state index < -0.39 is 34.2 Å². The van der Waals surface area contributed by atoms with E-state index in [-0.39, 0.29) is 31.6 Å². The standard InChI is InChI=1S/C25H32N2O6/c1-23(2,3)33-22(31)26-12-11-25(32,24(4,5)15-26)16-27-14-19(21(29)30)18(13-20(27)28)17-9-7-6-8-10-17/h6-10,13-14,32H,11-12,15-16H2,1-5H3,(H,29,30)/t25-/m1/s1. The zero-order chi connectivity index (χ0) is 24.6. The summed E-state index contributed by atoms with van der Waals surface area (Å²) in [7, 11) is 0. The lowest BCUT2D eigenvalue weighted by molar-refractivity contribution is -0.126. The third-order valence-corrected chi connectivity index (χ3v) is 6.17. The van der Waals surface area contributed by atoms with Gasteiger partial charge in [-0.2, -0.15) is 0 Å². The van der Waals surface area contributed by atoms with Crippen LogP contribution in [0.25, 0.3) is 11.1 Å². The number of carbonyl (C=O) groups excluding carboxylic acids is 1. The lowest BCUT2D eigenvalue weighted by atomic mass is 9.70. The third kappa shape index (κ3) is 5.27. The second kappa shape index (κ2) is 8.67. The van der Waals surface area contributed by atoms with Crippen LogP contribution in [0.5, 0.6) is 0 Å². The van der Waals surface area contributed by atoms with Gasteiger partial charge in [-0.1, -0.05) is 44.2 Å². The first kappa shape index (κ1) is 24.5. The van der Waals surface area contributed by atoms with Crippen LogP contribution in [-0.2, 0) is 11.3 Å². The van der Waals surface area contributed by atoms with Crippen molar-refractivity contribution in [2.45, 2.75) is 58.8 Å². The Morgan fingerprint density at radius 1 is 1.15 bits per heavy atom. The fourth-order valence-corrected chi connectivity index (χ4v) is 4.14. The molecule has 1 saturated heterocycles. The van der Waals surface area contributed by atoms with Gasteiger partial charge in [0.1, 0.15) is 5.60 Å². The van der Waals surface area contributed by atoms with E-state index in [1.54, 1.807) is 49.9 Å². The van der Waals surface area contributed by atoms with Gasteiger partial charge < -0.3 is 24.4 Å². The minimum Gasteiger partial charge on any atom is -0.478 e. The highest BCUT2D eigenvalue weighted by Gasteiger charge is 2.49. The summed E-state index contributed by atoms with van der Waals surface area (Å²) in [6.45, 7) is 9.44. The van der Waals surface area contributed by atoms with Crippen LogP contribution in [0.4, 0.5) is 4.79 Å². The Kier molecular flexibility index (Phi) is 6.44. The van der Waals surface area contributed by atoms with Gasteiger partial charge in [-0.05, 0) is 32.8 Å². The van der Waals surface area contributed by atoms with Gasteiger partial charge >= 0.3 is 12.1 Å². The van der Waals surface area contributed by atoms with Crippen molar-refractivity contribution in [1.29, 1.82) is 0 Å². The van der Waals surface area contributed by atoms with Crippen molar-refractivity contribution in [2.75, 3.05) is 13.1 Å². The molecular formula is C25H32N2O6. The maximum absolute atomic E-state index is 12.9. The summed E-state index contributed by atoms with van der Waals surface area (Å²) in [4.78, 5) is 39.0. The molecule has 8 heteroatoms. The molecule has 1 amide bonds. The van der Waals surface area contributed by atoms with E-state index in [9.17, 15) is 24.6 Å². The predicted molar refractivity (Wildman–Crippen MR) is 124 cm³/mol. The monoisotopic (exact) mass is 456 g/mol. The Morgan fingerprint density at radius 3 is 2.33 bits per heavy atom. The van der Waals surface area contributed by atoms with Crippen LogP contribution in [0, 0.1) is 5.41 Å². The molecule has 8 nitrogen and oxygen atoms in total. The van der Waals surface area contributed by atoms with Crippen molar-refractivity contribution in [3.05, 3.63) is 58.5 Å². The third-order valence-electron chi connectivity index (χ3n) is 6.17. The highest BCUT2D eigenvalue weighted by atomic mass is 16.6. The van der Waals surface area contributed by atoms with E-state index in [4.69, 9.17) is 4.74 Å². The number of aromatic carboxylic acids is 1. The van der Waals surface area contributed by atoms with E-state index in [1.807, 2.05) is 19.9 Å². The number of aromatic nitrogens is 1. The average Bonchev–Trinajstić information content (AvgIpc) is 2.70. The average molecular weight is 457 g/mol. The van der Waals surface area contributed by atoms with Gasteiger partial charge in [-0.25, -0.2) is 9.59 Å². The van der Waals surface area contributed by atoms with E-state index in [2.05, 4.69) is 0 Å². The molecule has 0 saturated carbocycles. The molecule has 0 spiro atoms. The molecule has 33 heavy (non-hydrogen) atoms. The van der Waals surface area contributed by atoms with Gasteiger partial charge in [-0.15, -0.1) is 0 Å². The fraction of sp³-hybridized carbons (Fsp3) is 0.480. The number of piperidine rings is 1. The molecule has 0 aliphatic carbocycles. The number of carboxylic acid groups (broad SMARTS) is 1. The lowest BCUT2D eigenvalue weighted by Crippen LogP contribution is -2.61. The van der Waals surface area contributed by atoms with Gasteiger partial charge in [0.15, 0.2) is 0 Å². The molecular weight excluding hydrogens is 424 g/mol. The quantitative estimate of drug-likeness (QED) is 0.727. The van der Waals surface area contributed by atoms with Crippen molar-refractivity contribution < 1.29 is 24.5 Å². The minimum absolute atomic E-state index is 0.0200. The first-order valence-electron chi connectivity index (χ1n) is 11.0. The van der Waals surface area contributed by atoms with E-state index in [0.717, 1.165) is 0 Å². The second-order valence-electron chi connectivity index (χ2n) is 10.3. The van der Waals surface area contributed by atoms with Crippen LogP contribution in [0.3, 0.4) is 0 Å². The molecule has 1 atom stereocenters. The molecule has 2 aromatic rings. The number of carbonyl (C=O) groups is 2. The normalized spacial score (nSPS) is 20.4. The number of hydrogen-bond donors (Lipinski definition) is 2. The van der Waals surface area contributed by atoms with Crippen LogP contribution >= 0.6 is 0 Å². The van der Waals surface area contributed by atoms with Crippen molar-refractivity contribution in [3.8, 4) is 11.1 Å². The Morgan fingerprint density at radius 2 is 1.79 bits per heavy atom. The number of amides is 1. The molecule has 1 aliphatic rings. The summed E-state index contributed by atoms with van der Waals surface area (Å²) in [6.07, 6.45) is 1.06. The summed E-state index contributed by atoms with van der Waals surface area (Å²) in [5.74, 6) is -1.16. The number of hydrogen-bond acceptors (Lipinski definition) is 5. The summed E-state index contributed by atoms with van der Waals surface area (Å²) < 4.78 is 6.71. The smallest absolute Gasteiger partial charge is 0.410 e. The molecule has 1 fully saturated rings. The number of likely N-dealkylation sites (tertiary alicyclic amines) is 1. The zero-order valence-electron chi connectivity index (χ0n) is 19.8. The van der Waals surface area contributed by atoms with Gasteiger partial charge in [0.2, 0.25) is 0 Å². The van der Waals surface area contributed by atoms with Crippen molar-refractivity contribution in [3.63, 3.8) is 0 Å². The number of nitrogens with zero attached hydrogens (tertiary/aromatic N) is 2. The van der Waals surface area contributed by atoms with Crippen LogP contribution < -0.4 is 5.56 Å². The summed E-state index contributed by atoms with van der Waals surface area (Å²) in [6, 6.07) is 10.1. The SMILES string of the molecule is CC(C)(C)OC(=O)N1CC[C@@](O)(Cn2cc(C(=O)O)c(-c3ccccc3)cc2=O)C(C)(C)C1. The van der Waals surface area contributed by atoms with Gasteiger partial charge in [0.05, 0.1) is 17.7 Å². The van der Waals surface area contributed by atoms with Crippen molar-refractivity contribution >= 4 is 12.1 Å². The summed E-state index contributed by atoms with van der Waals surface area (Å²) in [5, 5.41) is 21.3. The number of carboxylic acids is 1. The van der Waals surface area contributed by atoms with Crippen LogP contribution in [0.2, 0.25) is 0 Å². The van der Waals surface area contributed by atoms with Crippen molar-refractivity contribution in [1.82, 2.24) is 9.47 Å². The molecule has 3 rings (SSSR count). The summed E-state index contributed by atoms with van der Waals surface area (Å²) >= 11 is 0. The minimum atomic E-state index is -1.33. The molecule has 1 aromatic heterocycles. The van der Waals surface area contributed by atoms with Crippen molar-refractivity contribution in [2.24, 2.45) is 5.41 Å². The van der Waals surface area contributed by atoms with E-state index in [1.165, 1.54) is 16.8 Å². The molecule has 1 aromatic carbocycles. The Labute approximate surface area is 193 Å². The fourth-order valence-electron chi connectivity index (χ4n) is 4.14. The highest BCUT2D eigenvalue weighted by Crippen LogP contribution is 2.40. The van der Waals surface area contributed by atoms with Gasteiger partial charge in [0.25, 0.3) is 5.56 Å². The Balaban J connectivity index is 1.90. The van der Waals surface area contributed by atoms with E-state index >= 15 is 0 Å². The van der Waals surface area contributed by atoms with Gasteiger partial charge in [0, 0.05) is 36.3 Å². The molecule has 178 valence electrons. The Bertz CT molecular complexity index is 1100. The van der Waals surface area contributed by atoms with Crippen LogP contribution in [-0.4, -0.2) is 56.0 Å². The largest absolute Gasteiger partial charge is 0.478 e. The molecule has 2 N–H and O–H groups in total. The molecule has 1 aliphatic heterocycles. The predicted octanol–water partition coefficient (Wildman–Crippen LogP) is 3.61. The Hall–Kier alpha value is -3.13. The molecule has 0 radical (unpaired) electrons. The number of aliphatic hydroxyl groups is 1. The number of ether oxygens (including phenoxy) is 1. The molecule has 0 unspecified atom stereocenters. The van der Waals surface area contributed by atoms with Crippen LogP contribution in [0.15, 0.2) is 47.4 Å². The first-order valence-corrected chi connectivity index (χ1v) is 11.0. The second-order valence-corrected chi connectivity index (χ2v) is 10.3. The van der Waals surface area contributed by atoms with E-state index in [0.29, 0.717) is 11.1 Å². The number of benzene rings is 1. The summed E-state index contributed by atoms with van der Waals surface area (Å²) in [5.41, 5.74) is -2.20. The first-order chi connectivity index (χ1) is 15.2. The van der Waals surface area contributed by atoms with Crippen LogP contribution in [0.1, 0.15) is 51.4 Å². The topological polar surface area (TPSA) is 109 Å². The van der Waals surface area contributed by atoms with Gasteiger partial charge in [-0.3, -0.25) is 4.79 Å². The highest BCUT2D eigenvalue weighted by molar-refractivity contribution is 5.95. The lowest BCUT2D eigenvalue weighted by Gasteiger charge is -2.50. The maximum atomic E-state index is 12.9. The molecule has 2 heterocycles. The molecule has 0 bridgehead atoms. The maximum Gasteiger partial charge on any atom is 0.410 e. The number of rotatable bonds is 4. The number of pyridine rings is 1.